The Morgan fingerprint density at radius 3 is 2.53 bits per heavy atom. The van der Waals surface area contributed by atoms with Gasteiger partial charge in [0.05, 0.1) is 5.69 Å². The van der Waals surface area contributed by atoms with Gasteiger partial charge in [-0.1, -0.05) is 57.2 Å². The van der Waals surface area contributed by atoms with Crippen molar-refractivity contribution in [1.29, 1.82) is 0 Å². The van der Waals surface area contributed by atoms with Crippen LogP contribution in [0.25, 0.3) is 17.3 Å². The monoisotopic (exact) mass is 457 g/mol. The van der Waals surface area contributed by atoms with Crippen LogP contribution in [0.3, 0.4) is 0 Å². The highest BCUT2D eigenvalue weighted by molar-refractivity contribution is 5.94. The largest absolute Gasteiger partial charge is 0.420 e. The maximum absolute atomic E-state index is 12.9. The normalized spacial score (nSPS) is 12.1. The van der Waals surface area contributed by atoms with Gasteiger partial charge in [0.1, 0.15) is 5.69 Å². The van der Waals surface area contributed by atoms with Crippen LogP contribution in [-0.2, 0) is 6.42 Å². The molecule has 7 nitrogen and oxygen atoms in total. The number of benzene rings is 2. The zero-order valence-electron chi connectivity index (χ0n) is 20.2. The second-order valence-electron chi connectivity index (χ2n) is 9.06. The molecule has 0 spiro atoms. The van der Waals surface area contributed by atoms with E-state index in [-0.39, 0.29) is 11.8 Å². The molecule has 0 aliphatic rings. The minimum absolute atomic E-state index is 0.103. The number of amides is 1. The van der Waals surface area contributed by atoms with Crippen LogP contribution in [0.4, 0.5) is 0 Å². The van der Waals surface area contributed by atoms with Gasteiger partial charge in [0.25, 0.3) is 11.8 Å². The third-order valence-corrected chi connectivity index (χ3v) is 5.80. The van der Waals surface area contributed by atoms with Crippen molar-refractivity contribution in [3.05, 3.63) is 83.4 Å². The molecule has 7 heteroatoms. The lowest BCUT2D eigenvalue weighted by molar-refractivity contribution is 0.0951. The molecule has 2 heterocycles. The van der Waals surface area contributed by atoms with E-state index in [2.05, 4.69) is 48.4 Å². The molecular weight excluding hydrogens is 426 g/mol. The van der Waals surface area contributed by atoms with Crippen molar-refractivity contribution < 1.29 is 9.21 Å². The molecule has 0 aliphatic heterocycles. The average Bonchev–Trinajstić information content (AvgIpc) is 3.48. The Morgan fingerprint density at radius 1 is 1.03 bits per heavy atom. The van der Waals surface area contributed by atoms with E-state index in [4.69, 9.17) is 9.52 Å². The maximum Gasteiger partial charge on any atom is 0.268 e. The Bertz CT molecular complexity index is 1240. The maximum atomic E-state index is 12.9. The standard InChI is InChI=1S/C27H31N5O2/c1-18(2)13-14-24-16-25(27-30-29-20(4)34-27)31-32(24)23-12-8-11-22(15-23)26(33)28-17-19(3)21-9-6-5-7-10-21/h5-12,15-16,18-19H,13-14,17H2,1-4H3,(H,28,33)/t19-/m1/s1. The van der Waals surface area contributed by atoms with E-state index >= 15 is 0 Å². The summed E-state index contributed by atoms with van der Waals surface area (Å²) >= 11 is 0. The molecular formula is C27H31N5O2. The van der Waals surface area contributed by atoms with Crippen molar-refractivity contribution in [2.24, 2.45) is 5.92 Å². The zero-order valence-corrected chi connectivity index (χ0v) is 20.2. The number of hydrogen-bond acceptors (Lipinski definition) is 5. The van der Waals surface area contributed by atoms with Crippen LogP contribution in [-0.4, -0.2) is 32.4 Å². The van der Waals surface area contributed by atoms with Crippen LogP contribution >= 0.6 is 0 Å². The first-order valence-electron chi connectivity index (χ1n) is 11.7. The summed E-state index contributed by atoms with van der Waals surface area (Å²) in [6.45, 7) is 8.83. The van der Waals surface area contributed by atoms with Crippen molar-refractivity contribution in [2.75, 3.05) is 6.54 Å². The Morgan fingerprint density at radius 2 is 1.82 bits per heavy atom. The molecule has 1 amide bonds. The molecule has 0 unspecified atom stereocenters. The van der Waals surface area contributed by atoms with E-state index in [1.54, 1.807) is 6.92 Å². The van der Waals surface area contributed by atoms with Crippen LogP contribution < -0.4 is 5.32 Å². The van der Waals surface area contributed by atoms with Gasteiger partial charge < -0.3 is 9.73 Å². The van der Waals surface area contributed by atoms with E-state index in [0.717, 1.165) is 24.2 Å². The lowest BCUT2D eigenvalue weighted by Crippen LogP contribution is -2.27. The number of carbonyl (C=O) groups is 1. The molecule has 0 saturated carbocycles. The molecule has 4 aromatic rings. The summed E-state index contributed by atoms with van der Waals surface area (Å²) in [5, 5.41) is 15.8. The highest BCUT2D eigenvalue weighted by Gasteiger charge is 2.17. The van der Waals surface area contributed by atoms with Gasteiger partial charge in [0.2, 0.25) is 5.89 Å². The quantitative estimate of drug-likeness (QED) is 0.366. The molecule has 0 radical (unpaired) electrons. The fourth-order valence-electron chi connectivity index (χ4n) is 3.79. The lowest BCUT2D eigenvalue weighted by Gasteiger charge is -2.14. The molecule has 2 aromatic carbocycles. The van der Waals surface area contributed by atoms with Crippen LogP contribution in [0, 0.1) is 12.8 Å². The first kappa shape index (κ1) is 23.4. The van der Waals surface area contributed by atoms with Crippen molar-refractivity contribution in [1.82, 2.24) is 25.3 Å². The predicted molar refractivity (Wildman–Crippen MR) is 132 cm³/mol. The van der Waals surface area contributed by atoms with E-state index in [0.29, 0.717) is 35.5 Å². The number of nitrogens with one attached hydrogen (secondary N) is 1. The van der Waals surface area contributed by atoms with Crippen molar-refractivity contribution >= 4 is 5.91 Å². The van der Waals surface area contributed by atoms with Crippen LogP contribution in [0.1, 0.15) is 60.6 Å². The third-order valence-electron chi connectivity index (χ3n) is 5.80. The van der Waals surface area contributed by atoms with E-state index in [9.17, 15) is 4.79 Å². The van der Waals surface area contributed by atoms with Gasteiger partial charge >= 0.3 is 0 Å². The lowest BCUT2D eigenvalue weighted by atomic mass is 10.0. The summed E-state index contributed by atoms with van der Waals surface area (Å²) in [5.41, 5.74) is 4.29. The molecule has 1 N–H and O–H groups in total. The molecule has 34 heavy (non-hydrogen) atoms. The highest BCUT2D eigenvalue weighted by Crippen LogP contribution is 2.23. The predicted octanol–water partition coefficient (Wildman–Crippen LogP) is 5.35. The second-order valence-corrected chi connectivity index (χ2v) is 9.06. The van der Waals surface area contributed by atoms with Gasteiger partial charge in [0.15, 0.2) is 0 Å². The Balaban J connectivity index is 1.56. The van der Waals surface area contributed by atoms with Crippen molar-refractivity contribution in [3.63, 3.8) is 0 Å². The fourth-order valence-corrected chi connectivity index (χ4v) is 3.79. The van der Waals surface area contributed by atoms with Gasteiger partial charge in [0, 0.05) is 24.7 Å². The Kier molecular flexibility index (Phi) is 7.21. The van der Waals surface area contributed by atoms with Crippen molar-refractivity contribution in [3.8, 4) is 17.3 Å². The minimum Gasteiger partial charge on any atom is -0.420 e. The number of carbonyl (C=O) groups excluding carboxylic acids is 1. The third kappa shape index (κ3) is 5.60. The number of nitrogens with zero attached hydrogens (tertiary/aromatic N) is 4. The molecule has 0 saturated heterocycles. The van der Waals surface area contributed by atoms with Gasteiger partial charge in [-0.05, 0) is 54.5 Å². The fraction of sp³-hybridized carbons (Fsp3) is 0.333. The molecule has 4 rings (SSSR count). The molecule has 0 aliphatic carbocycles. The average molecular weight is 458 g/mol. The number of aromatic nitrogens is 4. The summed E-state index contributed by atoms with van der Waals surface area (Å²) in [6.07, 6.45) is 1.87. The van der Waals surface area contributed by atoms with Crippen LogP contribution in [0.15, 0.2) is 65.1 Å². The molecule has 1 atom stereocenters. The Hall–Kier alpha value is -3.74. The summed E-state index contributed by atoms with van der Waals surface area (Å²) in [6, 6.07) is 19.7. The minimum atomic E-state index is -0.103. The molecule has 2 aromatic heterocycles. The number of aryl methyl sites for hydroxylation is 2. The molecule has 176 valence electrons. The van der Waals surface area contributed by atoms with Gasteiger partial charge in [-0.2, -0.15) is 5.10 Å². The first-order valence-corrected chi connectivity index (χ1v) is 11.7. The van der Waals surface area contributed by atoms with Gasteiger partial charge in [-0.25, -0.2) is 4.68 Å². The second kappa shape index (κ2) is 10.5. The van der Waals surface area contributed by atoms with E-state index in [1.807, 2.05) is 53.2 Å². The number of hydrogen-bond donors (Lipinski definition) is 1. The van der Waals surface area contributed by atoms with Gasteiger partial charge in [-0.15, -0.1) is 10.2 Å². The topological polar surface area (TPSA) is 85.8 Å². The summed E-state index contributed by atoms with van der Waals surface area (Å²) in [4.78, 5) is 12.9. The van der Waals surface area contributed by atoms with E-state index in [1.165, 1.54) is 5.56 Å². The van der Waals surface area contributed by atoms with Crippen LogP contribution in [0.2, 0.25) is 0 Å². The Labute approximate surface area is 200 Å². The highest BCUT2D eigenvalue weighted by atomic mass is 16.4. The zero-order chi connectivity index (χ0) is 24.1. The first-order chi connectivity index (χ1) is 16.4. The molecule has 0 fully saturated rings. The summed E-state index contributed by atoms with van der Waals surface area (Å²) in [7, 11) is 0. The van der Waals surface area contributed by atoms with E-state index < -0.39 is 0 Å². The molecule has 0 bridgehead atoms. The SMILES string of the molecule is Cc1nnc(-c2cc(CCC(C)C)n(-c3cccc(C(=O)NC[C@@H](C)c4ccccc4)c3)n2)o1. The van der Waals surface area contributed by atoms with Gasteiger partial charge in [-0.3, -0.25) is 4.79 Å². The summed E-state index contributed by atoms with van der Waals surface area (Å²) < 4.78 is 7.47. The van der Waals surface area contributed by atoms with Crippen molar-refractivity contribution in [2.45, 2.75) is 46.5 Å². The van der Waals surface area contributed by atoms with Crippen LogP contribution in [0.5, 0.6) is 0 Å². The smallest absolute Gasteiger partial charge is 0.268 e. The number of rotatable bonds is 9. The summed E-state index contributed by atoms with van der Waals surface area (Å²) in [5.74, 6) is 1.57.